The Bertz CT molecular complexity index is 176. The van der Waals surface area contributed by atoms with Crippen molar-refractivity contribution in [3.8, 4) is 0 Å². The molecule has 1 N–H and O–H groups in total. The van der Waals surface area contributed by atoms with Gasteiger partial charge in [0, 0.05) is 18.0 Å². The number of hydrogen-bond acceptors (Lipinski definition) is 3. The third-order valence-corrected chi connectivity index (χ3v) is 1.20. The number of methoxy groups -OCH3 is 1. The van der Waals surface area contributed by atoms with Gasteiger partial charge in [-0.25, -0.2) is 4.79 Å². The molecule has 0 aliphatic carbocycles. The number of amides is 1. The molecule has 68 valence electrons. The first-order valence-corrected chi connectivity index (χ1v) is 3.64. The van der Waals surface area contributed by atoms with Crippen LogP contribution in [0.15, 0.2) is 5.11 Å². The molecule has 0 aromatic heterocycles. The van der Waals surface area contributed by atoms with Crippen LogP contribution in [0.5, 0.6) is 0 Å². The van der Waals surface area contributed by atoms with Gasteiger partial charge in [0.05, 0.1) is 7.11 Å². The highest BCUT2D eigenvalue weighted by atomic mass is 16.5. The number of carbonyl (C=O) groups excluding carboxylic acids is 1. The molecule has 0 unspecified atom stereocenters. The SMILES string of the molecule is COC(=O)NCCCCN=[N+]=[N-]. The lowest BCUT2D eigenvalue weighted by atomic mass is 10.3. The van der Waals surface area contributed by atoms with Crippen LogP contribution < -0.4 is 5.32 Å². The van der Waals surface area contributed by atoms with Crippen LogP contribution in [0.3, 0.4) is 0 Å². The van der Waals surface area contributed by atoms with E-state index >= 15 is 0 Å². The average Bonchev–Trinajstić information content (AvgIpc) is 2.10. The van der Waals surface area contributed by atoms with Crippen LogP contribution in [0.2, 0.25) is 0 Å². The van der Waals surface area contributed by atoms with Gasteiger partial charge in [0.2, 0.25) is 0 Å². The van der Waals surface area contributed by atoms with Crippen molar-refractivity contribution in [3.05, 3.63) is 10.4 Å². The summed E-state index contributed by atoms with van der Waals surface area (Å²) >= 11 is 0. The number of carbonyl (C=O) groups is 1. The van der Waals surface area contributed by atoms with Crippen LogP contribution in [0.25, 0.3) is 10.4 Å². The van der Waals surface area contributed by atoms with Gasteiger partial charge in [0.1, 0.15) is 0 Å². The molecule has 0 fully saturated rings. The lowest BCUT2D eigenvalue weighted by Gasteiger charge is -2.00. The van der Waals surface area contributed by atoms with Crippen molar-refractivity contribution in [1.29, 1.82) is 0 Å². The van der Waals surface area contributed by atoms with Gasteiger partial charge in [0.15, 0.2) is 0 Å². The summed E-state index contributed by atoms with van der Waals surface area (Å²) in [5, 5.41) is 5.86. The van der Waals surface area contributed by atoms with E-state index in [-0.39, 0.29) is 0 Å². The molecule has 0 spiro atoms. The number of rotatable bonds is 5. The molecule has 12 heavy (non-hydrogen) atoms. The quantitative estimate of drug-likeness (QED) is 0.294. The Morgan fingerprint density at radius 1 is 1.67 bits per heavy atom. The summed E-state index contributed by atoms with van der Waals surface area (Å²) in [5.41, 5.74) is 7.92. The number of azide groups is 1. The number of nitrogens with zero attached hydrogens (tertiary/aromatic N) is 3. The van der Waals surface area contributed by atoms with Gasteiger partial charge in [-0.3, -0.25) is 0 Å². The second kappa shape index (κ2) is 7.68. The average molecular weight is 172 g/mol. The zero-order valence-electron chi connectivity index (χ0n) is 6.99. The lowest BCUT2D eigenvalue weighted by Crippen LogP contribution is -2.23. The predicted molar refractivity (Wildman–Crippen MR) is 43.7 cm³/mol. The minimum Gasteiger partial charge on any atom is -0.453 e. The standard InChI is InChI=1S/C6H12N4O2/c1-12-6(11)8-4-2-3-5-9-10-7/h2-5H2,1H3,(H,8,11). The zero-order chi connectivity index (χ0) is 9.23. The molecule has 0 rings (SSSR count). The van der Waals surface area contributed by atoms with Crippen molar-refractivity contribution in [2.75, 3.05) is 20.2 Å². The van der Waals surface area contributed by atoms with E-state index in [4.69, 9.17) is 5.53 Å². The molecule has 0 saturated heterocycles. The molecule has 0 radical (unpaired) electrons. The third kappa shape index (κ3) is 6.70. The first-order chi connectivity index (χ1) is 5.81. The molecule has 0 aliphatic heterocycles. The first kappa shape index (κ1) is 10.6. The summed E-state index contributed by atoms with van der Waals surface area (Å²) < 4.78 is 4.35. The smallest absolute Gasteiger partial charge is 0.406 e. The molecule has 0 saturated carbocycles. The Morgan fingerprint density at radius 2 is 2.42 bits per heavy atom. The molecule has 0 aromatic carbocycles. The molecule has 6 heteroatoms. The van der Waals surface area contributed by atoms with Gasteiger partial charge >= 0.3 is 6.09 Å². The van der Waals surface area contributed by atoms with Crippen LogP contribution in [-0.4, -0.2) is 26.3 Å². The Balaban J connectivity index is 3.10. The largest absolute Gasteiger partial charge is 0.453 e. The Labute approximate surface area is 70.5 Å². The molecule has 0 aromatic rings. The van der Waals surface area contributed by atoms with Crippen LogP contribution in [-0.2, 0) is 4.74 Å². The van der Waals surface area contributed by atoms with Gasteiger partial charge < -0.3 is 10.1 Å². The monoisotopic (exact) mass is 172 g/mol. The maximum Gasteiger partial charge on any atom is 0.406 e. The fourth-order valence-electron chi connectivity index (χ4n) is 0.615. The highest BCUT2D eigenvalue weighted by molar-refractivity contribution is 5.66. The van der Waals surface area contributed by atoms with Gasteiger partial charge in [-0.05, 0) is 18.4 Å². The first-order valence-electron chi connectivity index (χ1n) is 3.64. The van der Waals surface area contributed by atoms with Crippen LogP contribution >= 0.6 is 0 Å². The summed E-state index contributed by atoms with van der Waals surface area (Å²) in [6.07, 6.45) is 1.13. The second-order valence-electron chi connectivity index (χ2n) is 2.08. The Hall–Kier alpha value is -1.42. The van der Waals surface area contributed by atoms with Crippen molar-refractivity contribution < 1.29 is 9.53 Å². The predicted octanol–water partition coefficient (Wildman–Crippen LogP) is 1.43. The third-order valence-electron chi connectivity index (χ3n) is 1.20. The maximum atomic E-state index is 10.5. The van der Waals surface area contributed by atoms with Crippen molar-refractivity contribution in [2.24, 2.45) is 5.11 Å². The molecule has 0 bridgehead atoms. The minimum atomic E-state index is -0.432. The second-order valence-corrected chi connectivity index (χ2v) is 2.08. The van der Waals surface area contributed by atoms with Gasteiger partial charge in [-0.15, -0.1) is 0 Å². The van der Waals surface area contributed by atoms with Gasteiger partial charge in [-0.2, -0.15) is 0 Å². The summed E-state index contributed by atoms with van der Waals surface area (Å²) in [5.74, 6) is 0. The molecular formula is C6H12N4O2. The number of ether oxygens (including phenoxy) is 1. The zero-order valence-corrected chi connectivity index (χ0v) is 6.99. The number of unbranched alkanes of at least 4 members (excludes halogenated alkanes) is 1. The van der Waals surface area contributed by atoms with E-state index in [0.717, 1.165) is 12.8 Å². The summed E-state index contributed by atoms with van der Waals surface area (Å²) in [6.45, 7) is 1.02. The van der Waals surface area contributed by atoms with Crippen LogP contribution in [0.1, 0.15) is 12.8 Å². The molecule has 0 aliphatic rings. The van der Waals surface area contributed by atoms with Gasteiger partial charge in [0.25, 0.3) is 0 Å². The van der Waals surface area contributed by atoms with E-state index in [1.54, 1.807) is 0 Å². The van der Waals surface area contributed by atoms with Crippen molar-refractivity contribution in [3.63, 3.8) is 0 Å². The van der Waals surface area contributed by atoms with Crippen molar-refractivity contribution >= 4 is 6.09 Å². The van der Waals surface area contributed by atoms with Crippen molar-refractivity contribution in [1.82, 2.24) is 5.32 Å². The van der Waals surface area contributed by atoms with E-state index in [9.17, 15) is 4.79 Å². The number of alkyl carbamates (subject to hydrolysis) is 1. The van der Waals surface area contributed by atoms with E-state index in [2.05, 4.69) is 20.1 Å². The lowest BCUT2D eigenvalue weighted by molar-refractivity contribution is 0.171. The Morgan fingerprint density at radius 3 is 3.00 bits per heavy atom. The summed E-state index contributed by atoms with van der Waals surface area (Å²) in [7, 11) is 1.31. The van der Waals surface area contributed by atoms with E-state index in [1.165, 1.54) is 7.11 Å². The Kier molecular flexibility index (Phi) is 6.78. The normalized spacial score (nSPS) is 8.42. The van der Waals surface area contributed by atoms with Crippen molar-refractivity contribution in [2.45, 2.75) is 12.8 Å². The van der Waals surface area contributed by atoms with Crippen LogP contribution in [0, 0.1) is 0 Å². The number of nitrogens with one attached hydrogen (secondary N) is 1. The number of hydrogen-bond donors (Lipinski definition) is 1. The fourth-order valence-corrected chi connectivity index (χ4v) is 0.615. The maximum absolute atomic E-state index is 10.5. The van der Waals surface area contributed by atoms with Crippen LogP contribution in [0.4, 0.5) is 4.79 Å². The molecule has 0 heterocycles. The summed E-state index contributed by atoms with van der Waals surface area (Å²) in [4.78, 5) is 13.1. The van der Waals surface area contributed by atoms with E-state index in [1.807, 2.05) is 0 Å². The molecular weight excluding hydrogens is 160 g/mol. The van der Waals surface area contributed by atoms with E-state index in [0.29, 0.717) is 13.1 Å². The molecule has 0 atom stereocenters. The topological polar surface area (TPSA) is 87.1 Å². The summed E-state index contributed by atoms with van der Waals surface area (Å²) in [6, 6.07) is 0. The molecule has 1 amide bonds. The van der Waals surface area contributed by atoms with Gasteiger partial charge in [-0.1, -0.05) is 5.11 Å². The fraction of sp³-hybridized carbons (Fsp3) is 0.833. The molecule has 6 nitrogen and oxygen atoms in total. The highest BCUT2D eigenvalue weighted by Crippen LogP contribution is 1.88. The minimum absolute atomic E-state index is 0.432. The van der Waals surface area contributed by atoms with E-state index < -0.39 is 6.09 Å². The highest BCUT2D eigenvalue weighted by Gasteiger charge is 1.94.